The number of aromatic nitrogens is 1. The summed E-state index contributed by atoms with van der Waals surface area (Å²) in [6.45, 7) is 0. The van der Waals surface area contributed by atoms with Crippen molar-refractivity contribution in [2.45, 2.75) is 19.3 Å². The summed E-state index contributed by atoms with van der Waals surface area (Å²) in [4.78, 5) is 4.12. The number of rotatable bonds is 0. The van der Waals surface area contributed by atoms with E-state index < -0.39 is 0 Å². The highest BCUT2D eigenvalue weighted by Gasteiger charge is 2.21. The molecule has 2 rings (SSSR count). The minimum atomic E-state index is 0.157. The molecule has 0 atom stereocenters. The lowest BCUT2D eigenvalue weighted by atomic mass is 10.0. The largest absolute Gasteiger partial charge is 0.239 e. The highest BCUT2D eigenvalue weighted by atomic mass is 35.5. The lowest BCUT2D eigenvalue weighted by molar-refractivity contribution is 0.899. The van der Waals surface area contributed by atoms with Gasteiger partial charge in [0.25, 0.3) is 0 Å². The van der Waals surface area contributed by atoms with Crippen LogP contribution in [0, 0.1) is 22.7 Å². The first-order valence-corrected chi connectivity index (χ1v) is 4.67. The van der Waals surface area contributed by atoms with Gasteiger partial charge in [-0.25, -0.2) is 4.98 Å². The lowest BCUT2D eigenvalue weighted by Crippen LogP contribution is -1.98. The number of nitriles is 2. The quantitative estimate of drug-likeness (QED) is 0.606. The van der Waals surface area contributed by atoms with Gasteiger partial charge in [0, 0.05) is 5.69 Å². The molecule has 0 aliphatic heterocycles. The summed E-state index contributed by atoms with van der Waals surface area (Å²) in [5.74, 6) is 0. The number of halogens is 1. The van der Waals surface area contributed by atoms with E-state index >= 15 is 0 Å². The van der Waals surface area contributed by atoms with Gasteiger partial charge in [-0.15, -0.1) is 0 Å². The minimum Gasteiger partial charge on any atom is -0.239 e. The molecule has 0 aromatic carbocycles. The van der Waals surface area contributed by atoms with Crippen LogP contribution in [0.5, 0.6) is 0 Å². The number of aryl methyl sites for hydroxylation is 1. The molecular weight excluding hydrogens is 198 g/mol. The van der Waals surface area contributed by atoms with E-state index in [0.29, 0.717) is 5.56 Å². The van der Waals surface area contributed by atoms with Crippen molar-refractivity contribution in [1.29, 1.82) is 10.5 Å². The first-order chi connectivity index (χ1) is 6.77. The van der Waals surface area contributed by atoms with Crippen molar-refractivity contribution in [3.8, 4) is 12.1 Å². The molecule has 1 aromatic heterocycles. The smallest absolute Gasteiger partial charge is 0.148 e. The molecule has 0 amide bonds. The molecule has 0 radical (unpaired) electrons. The molecule has 1 aromatic rings. The molecule has 14 heavy (non-hydrogen) atoms. The van der Waals surface area contributed by atoms with E-state index in [2.05, 4.69) is 4.98 Å². The Hall–Kier alpha value is -1.58. The standard InChI is InChI=1S/C10H6ClN3/c11-10-8(5-13)7(4-12)6-2-1-3-9(6)14-10/h1-3H2. The summed E-state index contributed by atoms with van der Waals surface area (Å²) in [6.07, 6.45) is 2.68. The molecule has 0 saturated carbocycles. The molecule has 1 heterocycles. The van der Waals surface area contributed by atoms with Crippen LogP contribution in [-0.2, 0) is 12.8 Å². The number of hydrogen-bond acceptors (Lipinski definition) is 3. The van der Waals surface area contributed by atoms with Crippen molar-refractivity contribution in [1.82, 2.24) is 4.98 Å². The molecule has 0 unspecified atom stereocenters. The SMILES string of the molecule is N#Cc1c(Cl)nc2c(c1C#N)CCC2. The van der Waals surface area contributed by atoms with Gasteiger partial charge in [0.1, 0.15) is 22.9 Å². The maximum atomic E-state index is 8.95. The summed E-state index contributed by atoms with van der Waals surface area (Å²) in [5.41, 5.74) is 2.42. The molecule has 0 bridgehead atoms. The van der Waals surface area contributed by atoms with E-state index in [0.717, 1.165) is 30.5 Å². The van der Waals surface area contributed by atoms with Gasteiger partial charge in [0.2, 0.25) is 0 Å². The topological polar surface area (TPSA) is 60.5 Å². The monoisotopic (exact) mass is 203 g/mol. The zero-order chi connectivity index (χ0) is 10.1. The fourth-order valence-corrected chi connectivity index (χ4v) is 2.01. The maximum Gasteiger partial charge on any atom is 0.148 e. The summed E-state index contributed by atoms with van der Waals surface area (Å²) >= 11 is 5.81. The Labute approximate surface area is 86.6 Å². The van der Waals surface area contributed by atoms with Crippen LogP contribution in [0.2, 0.25) is 5.15 Å². The summed E-state index contributed by atoms with van der Waals surface area (Å²) in [5, 5.41) is 17.9. The summed E-state index contributed by atoms with van der Waals surface area (Å²) in [7, 11) is 0. The van der Waals surface area contributed by atoms with Crippen molar-refractivity contribution >= 4 is 11.6 Å². The van der Waals surface area contributed by atoms with Crippen LogP contribution in [0.3, 0.4) is 0 Å². The predicted octanol–water partition coefficient (Wildman–Crippen LogP) is 1.97. The molecule has 3 nitrogen and oxygen atoms in total. The second-order valence-electron chi connectivity index (χ2n) is 3.16. The van der Waals surface area contributed by atoms with Crippen molar-refractivity contribution in [2.75, 3.05) is 0 Å². The third kappa shape index (κ3) is 1.14. The summed E-state index contributed by atoms with van der Waals surface area (Å²) < 4.78 is 0. The van der Waals surface area contributed by atoms with Crippen LogP contribution in [0.25, 0.3) is 0 Å². The highest BCUT2D eigenvalue weighted by molar-refractivity contribution is 6.30. The molecule has 4 heteroatoms. The predicted molar refractivity (Wildman–Crippen MR) is 50.7 cm³/mol. The van der Waals surface area contributed by atoms with Crippen LogP contribution in [0.1, 0.15) is 28.8 Å². The van der Waals surface area contributed by atoms with Gasteiger partial charge in [-0.3, -0.25) is 0 Å². The van der Waals surface area contributed by atoms with Crippen LogP contribution in [-0.4, -0.2) is 4.98 Å². The van der Waals surface area contributed by atoms with Crippen LogP contribution < -0.4 is 0 Å². The highest BCUT2D eigenvalue weighted by Crippen LogP contribution is 2.29. The fraction of sp³-hybridized carbons (Fsp3) is 0.300. The molecule has 0 saturated heterocycles. The molecular formula is C10H6ClN3. The number of pyridine rings is 1. The van der Waals surface area contributed by atoms with E-state index in [1.165, 1.54) is 0 Å². The van der Waals surface area contributed by atoms with Gasteiger partial charge in [-0.05, 0) is 24.8 Å². The van der Waals surface area contributed by atoms with Gasteiger partial charge in [0.15, 0.2) is 0 Å². The van der Waals surface area contributed by atoms with Crippen LogP contribution in [0.15, 0.2) is 0 Å². The Morgan fingerprint density at radius 2 is 1.86 bits per heavy atom. The van der Waals surface area contributed by atoms with Crippen molar-refractivity contribution in [3.05, 3.63) is 27.5 Å². The van der Waals surface area contributed by atoms with E-state index in [-0.39, 0.29) is 10.7 Å². The first kappa shape index (κ1) is 8.99. The van der Waals surface area contributed by atoms with Crippen molar-refractivity contribution < 1.29 is 0 Å². The van der Waals surface area contributed by atoms with Crippen molar-refractivity contribution in [3.63, 3.8) is 0 Å². The van der Waals surface area contributed by atoms with E-state index in [9.17, 15) is 0 Å². The Morgan fingerprint density at radius 3 is 2.50 bits per heavy atom. The molecule has 0 spiro atoms. The molecule has 0 N–H and O–H groups in total. The zero-order valence-electron chi connectivity index (χ0n) is 7.34. The average molecular weight is 204 g/mol. The Morgan fingerprint density at radius 1 is 1.14 bits per heavy atom. The summed E-state index contributed by atoms with van der Waals surface area (Å²) in [6, 6.07) is 3.97. The average Bonchev–Trinajstić information content (AvgIpc) is 2.62. The number of hydrogen-bond donors (Lipinski definition) is 0. The third-order valence-corrected chi connectivity index (χ3v) is 2.68. The Balaban J connectivity index is 2.78. The van der Waals surface area contributed by atoms with E-state index in [1.807, 2.05) is 12.1 Å². The van der Waals surface area contributed by atoms with Crippen LogP contribution >= 0.6 is 11.6 Å². The molecule has 0 fully saturated rings. The third-order valence-electron chi connectivity index (χ3n) is 2.40. The Kier molecular flexibility index (Phi) is 2.11. The van der Waals surface area contributed by atoms with E-state index in [4.69, 9.17) is 22.1 Å². The number of fused-ring (bicyclic) bond motifs is 1. The second-order valence-corrected chi connectivity index (χ2v) is 3.51. The van der Waals surface area contributed by atoms with E-state index in [1.54, 1.807) is 0 Å². The number of nitrogens with zero attached hydrogens (tertiary/aromatic N) is 3. The fourth-order valence-electron chi connectivity index (χ4n) is 1.77. The molecule has 68 valence electrons. The lowest BCUT2D eigenvalue weighted by Gasteiger charge is -2.04. The van der Waals surface area contributed by atoms with Gasteiger partial charge in [-0.1, -0.05) is 11.6 Å². The van der Waals surface area contributed by atoms with Gasteiger partial charge in [0.05, 0.1) is 5.56 Å². The maximum absolute atomic E-state index is 8.95. The van der Waals surface area contributed by atoms with Crippen molar-refractivity contribution in [2.24, 2.45) is 0 Å². The van der Waals surface area contributed by atoms with Gasteiger partial charge >= 0.3 is 0 Å². The zero-order valence-corrected chi connectivity index (χ0v) is 8.10. The molecule has 1 aliphatic rings. The normalized spacial score (nSPS) is 13.1. The van der Waals surface area contributed by atoms with Gasteiger partial charge < -0.3 is 0 Å². The van der Waals surface area contributed by atoms with Gasteiger partial charge in [-0.2, -0.15) is 10.5 Å². The first-order valence-electron chi connectivity index (χ1n) is 4.29. The van der Waals surface area contributed by atoms with Crippen LogP contribution in [0.4, 0.5) is 0 Å². The Bertz CT molecular complexity index is 479. The second kappa shape index (κ2) is 3.29. The minimum absolute atomic E-state index is 0.157. The molecule has 1 aliphatic carbocycles.